The van der Waals surface area contributed by atoms with Crippen LogP contribution in [0.5, 0.6) is 5.75 Å². The molecule has 2 aromatic carbocycles. The quantitative estimate of drug-likeness (QED) is 0.700. The Hall–Kier alpha value is -3.42. The van der Waals surface area contributed by atoms with Crippen LogP contribution in [0.1, 0.15) is 35.7 Å². The zero-order valence-corrected chi connectivity index (χ0v) is 14.8. The molecule has 1 fully saturated rings. The molecule has 0 aromatic heterocycles. The van der Waals surface area contributed by atoms with Crippen LogP contribution in [0.15, 0.2) is 36.4 Å². The van der Waals surface area contributed by atoms with Crippen LogP contribution >= 0.6 is 0 Å². The SMILES string of the molecule is [2H][C@]1(N2Cc3c(NCc4cccc(O)c4F)cccc3C2=O)CCC(=O)NC1=O. The molecule has 0 unspecified atom stereocenters. The van der Waals surface area contributed by atoms with Gasteiger partial charge in [0, 0.05) is 41.9 Å². The Labute approximate surface area is 161 Å². The first-order valence-corrected chi connectivity index (χ1v) is 8.79. The monoisotopic (exact) mass is 384 g/mol. The second-order valence-corrected chi connectivity index (χ2v) is 6.65. The fraction of sp³-hybridized carbons (Fsp3) is 0.250. The molecule has 1 atom stereocenters. The van der Waals surface area contributed by atoms with Crippen LogP contribution in [0.25, 0.3) is 0 Å². The maximum atomic E-state index is 14.0. The van der Waals surface area contributed by atoms with E-state index in [1.807, 2.05) is 0 Å². The molecule has 0 radical (unpaired) electrons. The Bertz CT molecular complexity index is 1040. The van der Waals surface area contributed by atoms with Gasteiger partial charge in [0.05, 0.1) is 1.37 Å². The topological polar surface area (TPSA) is 98.7 Å². The van der Waals surface area contributed by atoms with Crippen molar-refractivity contribution in [1.82, 2.24) is 10.2 Å². The molecule has 0 aliphatic carbocycles. The van der Waals surface area contributed by atoms with Gasteiger partial charge in [-0.25, -0.2) is 4.39 Å². The number of aromatic hydroxyl groups is 1. The number of imide groups is 1. The van der Waals surface area contributed by atoms with Crippen molar-refractivity contribution >= 4 is 23.4 Å². The second kappa shape index (κ2) is 6.95. The van der Waals surface area contributed by atoms with Gasteiger partial charge < -0.3 is 15.3 Å². The summed E-state index contributed by atoms with van der Waals surface area (Å²) in [6, 6.07) is 7.43. The maximum Gasteiger partial charge on any atom is 0.255 e. The minimum absolute atomic E-state index is 0.0166. The zero-order chi connectivity index (χ0) is 20.8. The first kappa shape index (κ1) is 16.7. The largest absolute Gasteiger partial charge is 0.505 e. The van der Waals surface area contributed by atoms with Crippen molar-refractivity contribution in [2.24, 2.45) is 0 Å². The number of phenols is 1. The van der Waals surface area contributed by atoms with Crippen LogP contribution in [-0.2, 0) is 22.7 Å². The summed E-state index contributed by atoms with van der Waals surface area (Å²) in [5, 5.41) is 14.7. The number of carbonyl (C=O) groups excluding carboxylic acids is 3. The third-order valence-corrected chi connectivity index (χ3v) is 4.93. The number of hydrogen-bond donors (Lipinski definition) is 3. The van der Waals surface area contributed by atoms with Crippen molar-refractivity contribution in [2.75, 3.05) is 5.32 Å². The maximum absolute atomic E-state index is 14.0. The predicted octanol–water partition coefficient (Wildman–Crippen LogP) is 1.90. The van der Waals surface area contributed by atoms with Crippen molar-refractivity contribution in [2.45, 2.75) is 31.9 Å². The van der Waals surface area contributed by atoms with E-state index in [1.165, 1.54) is 18.2 Å². The molecule has 3 N–H and O–H groups in total. The number of rotatable bonds is 4. The highest BCUT2D eigenvalue weighted by Crippen LogP contribution is 2.32. The number of benzene rings is 2. The van der Waals surface area contributed by atoms with Crippen LogP contribution in [0, 0.1) is 5.82 Å². The molecule has 3 amide bonds. The number of hydrogen-bond acceptors (Lipinski definition) is 5. The first-order chi connectivity index (χ1) is 13.8. The normalized spacial score (nSPS) is 22.0. The molecule has 1 saturated heterocycles. The molecule has 4 rings (SSSR count). The van der Waals surface area contributed by atoms with E-state index in [2.05, 4.69) is 10.6 Å². The van der Waals surface area contributed by atoms with E-state index in [0.29, 0.717) is 16.8 Å². The Kier molecular flexibility index (Phi) is 4.16. The molecule has 2 aliphatic heterocycles. The molecule has 0 saturated carbocycles. The summed E-state index contributed by atoms with van der Waals surface area (Å²) >= 11 is 0. The van der Waals surface area contributed by atoms with Crippen molar-refractivity contribution in [3.8, 4) is 5.75 Å². The van der Waals surface area contributed by atoms with Crippen molar-refractivity contribution in [3.63, 3.8) is 0 Å². The number of piperidine rings is 1. The van der Waals surface area contributed by atoms with Gasteiger partial charge in [0.25, 0.3) is 5.91 Å². The average Bonchev–Trinajstić information content (AvgIpc) is 3.04. The third kappa shape index (κ3) is 3.06. The Balaban J connectivity index is 1.59. The summed E-state index contributed by atoms with van der Waals surface area (Å²) < 4.78 is 22.5. The summed E-state index contributed by atoms with van der Waals surface area (Å²) in [4.78, 5) is 37.7. The van der Waals surface area contributed by atoms with E-state index in [-0.39, 0.29) is 31.5 Å². The Morgan fingerprint density at radius 1 is 1.25 bits per heavy atom. The van der Waals surface area contributed by atoms with E-state index >= 15 is 0 Å². The van der Waals surface area contributed by atoms with Gasteiger partial charge in [-0.15, -0.1) is 0 Å². The lowest BCUT2D eigenvalue weighted by molar-refractivity contribution is -0.136. The number of fused-ring (bicyclic) bond motifs is 1. The van der Waals surface area contributed by atoms with Gasteiger partial charge in [-0.05, 0) is 24.6 Å². The number of nitrogens with one attached hydrogen (secondary N) is 2. The number of nitrogens with zero attached hydrogens (tertiary/aromatic N) is 1. The second-order valence-electron chi connectivity index (χ2n) is 6.65. The van der Waals surface area contributed by atoms with Crippen LogP contribution in [0.2, 0.25) is 0 Å². The molecular formula is C20H18FN3O4. The summed E-state index contributed by atoms with van der Waals surface area (Å²) in [5.74, 6) is -2.91. The minimum atomic E-state index is -1.86. The zero-order valence-electron chi connectivity index (χ0n) is 15.8. The number of amides is 3. The fourth-order valence-electron chi connectivity index (χ4n) is 3.47. The van der Waals surface area contributed by atoms with Crippen LogP contribution in [-0.4, -0.2) is 33.7 Å². The third-order valence-electron chi connectivity index (χ3n) is 4.93. The molecule has 8 heteroatoms. The number of carbonyl (C=O) groups is 3. The Morgan fingerprint density at radius 2 is 2.04 bits per heavy atom. The predicted molar refractivity (Wildman–Crippen MR) is 97.9 cm³/mol. The van der Waals surface area contributed by atoms with Crippen molar-refractivity contribution < 1.29 is 25.3 Å². The molecule has 0 spiro atoms. The number of phenolic OH excluding ortho intramolecular Hbond substituents is 1. The van der Waals surface area contributed by atoms with Gasteiger partial charge in [-0.2, -0.15) is 0 Å². The molecule has 7 nitrogen and oxygen atoms in total. The van der Waals surface area contributed by atoms with Gasteiger partial charge in [0.2, 0.25) is 11.8 Å². The molecule has 0 bridgehead atoms. The summed E-state index contributed by atoms with van der Waals surface area (Å²) in [7, 11) is 0. The molecular weight excluding hydrogens is 365 g/mol. The average molecular weight is 384 g/mol. The summed E-state index contributed by atoms with van der Waals surface area (Å²) in [6.07, 6.45) is -0.0914. The van der Waals surface area contributed by atoms with Crippen molar-refractivity contribution in [1.29, 1.82) is 0 Å². The van der Waals surface area contributed by atoms with E-state index in [1.54, 1.807) is 18.2 Å². The lowest BCUT2D eigenvalue weighted by Crippen LogP contribution is -2.52. The highest BCUT2D eigenvalue weighted by atomic mass is 19.1. The van der Waals surface area contributed by atoms with E-state index in [0.717, 1.165) is 4.90 Å². The molecule has 28 heavy (non-hydrogen) atoms. The Morgan fingerprint density at radius 3 is 2.82 bits per heavy atom. The standard InChI is InChI=1S/C20H18FN3O4/c21-18-11(3-1-6-16(18)25)9-22-14-5-2-4-12-13(14)10-24(20(12)28)15-7-8-17(26)23-19(15)27/h1-6,15,22,25H,7-10H2,(H,23,26,27)/t15-/m0/s1/i15D. The van der Waals surface area contributed by atoms with E-state index in [4.69, 9.17) is 1.37 Å². The smallest absolute Gasteiger partial charge is 0.255 e. The summed E-state index contributed by atoms with van der Waals surface area (Å²) in [5.41, 5.74) is 1.76. The van der Waals surface area contributed by atoms with Gasteiger partial charge in [-0.3, -0.25) is 19.7 Å². The molecule has 2 aliphatic rings. The lowest BCUT2D eigenvalue weighted by Gasteiger charge is -2.29. The van der Waals surface area contributed by atoms with Gasteiger partial charge >= 0.3 is 0 Å². The van der Waals surface area contributed by atoms with Crippen LogP contribution < -0.4 is 10.6 Å². The van der Waals surface area contributed by atoms with Gasteiger partial charge in [0.1, 0.15) is 6.02 Å². The number of anilines is 1. The van der Waals surface area contributed by atoms with Crippen LogP contribution in [0.4, 0.5) is 10.1 Å². The molecule has 2 aromatic rings. The van der Waals surface area contributed by atoms with E-state index < -0.39 is 35.3 Å². The fourth-order valence-corrected chi connectivity index (χ4v) is 3.47. The first-order valence-electron chi connectivity index (χ1n) is 9.29. The van der Waals surface area contributed by atoms with E-state index in [9.17, 15) is 23.9 Å². The highest BCUT2D eigenvalue weighted by Gasteiger charge is 2.39. The summed E-state index contributed by atoms with van der Waals surface area (Å²) in [6.45, 7) is 0.0941. The van der Waals surface area contributed by atoms with Gasteiger partial charge in [0.15, 0.2) is 11.6 Å². The van der Waals surface area contributed by atoms with Crippen molar-refractivity contribution in [3.05, 3.63) is 58.9 Å². The highest BCUT2D eigenvalue weighted by molar-refractivity contribution is 6.06. The molecule has 2 heterocycles. The van der Waals surface area contributed by atoms with Gasteiger partial charge in [-0.1, -0.05) is 18.2 Å². The number of halogens is 1. The minimum Gasteiger partial charge on any atom is -0.505 e. The van der Waals surface area contributed by atoms with Crippen LogP contribution in [0.3, 0.4) is 0 Å². The molecule has 144 valence electrons. The lowest BCUT2D eigenvalue weighted by atomic mass is 10.0.